The molecule has 0 aliphatic carbocycles. The molecule has 8 heteroatoms. The zero-order valence-electron chi connectivity index (χ0n) is 10.2. The second-order valence-corrected chi connectivity index (χ2v) is 5.02. The van der Waals surface area contributed by atoms with E-state index in [4.69, 9.17) is 39.5 Å². The third-order valence-electron chi connectivity index (χ3n) is 2.50. The highest BCUT2D eigenvalue weighted by molar-refractivity contribution is 6.68. The summed E-state index contributed by atoms with van der Waals surface area (Å²) >= 11 is 17.0. The van der Waals surface area contributed by atoms with E-state index in [9.17, 15) is 14.9 Å². The van der Waals surface area contributed by atoms with Crippen molar-refractivity contribution in [1.82, 2.24) is 0 Å². The molecule has 21 heavy (non-hydrogen) atoms. The van der Waals surface area contributed by atoms with Crippen molar-refractivity contribution in [3.63, 3.8) is 0 Å². The van der Waals surface area contributed by atoms with Crippen molar-refractivity contribution in [3.8, 4) is 11.5 Å². The quantitative estimate of drug-likeness (QED) is 0.440. The van der Waals surface area contributed by atoms with E-state index < -0.39 is 15.9 Å². The van der Waals surface area contributed by atoms with E-state index >= 15 is 0 Å². The van der Waals surface area contributed by atoms with Crippen LogP contribution in [0.1, 0.15) is 10.4 Å². The number of hydrogen-bond donors (Lipinski definition) is 0. The van der Waals surface area contributed by atoms with Gasteiger partial charge in [0.2, 0.25) is 0 Å². The molecule has 108 valence electrons. The molecule has 0 saturated carbocycles. The summed E-state index contributed by atoms with van der Waals surface area (Å²) in [7, 11) is 0. The predicted molar refractivity (Wildman–Crippen MR) is 79.8 cm³/mol. The van der Waals surface area contributed by atoms with Crippen LogP contribution in [0, 0.1) is 10.1 Å². The molecule has 0 fully saturated rings. The first-order valence-corrected chi connectivity index (χ1v) is 6.63. The highest BCUT2D eigenvalue weighted by Gasteiger charge is 2.20. The van der Waals surface area contributed by atoms with Crippen LogP contribution in [0.25, 0.3) is 0 Å². The Labute approximate surface area is 134 Å². The molecule has 0 aromatic heterocycles. The Hall–Kier alpha value is -1.82. The standard InChI is InChI=1S/C13H6Cl3NO4/c14-9-5-7(6-10(15)12(9)17(19)20)21-11-4-2-1-3-8(11)13(16)18/h1-6H. The van der Waals surface area contributed by atoms with Crippen LogP contribution in [0.5, 0.6) is 11.5 Å². The van der Waals surface area contributed by atoms with Crippen molar-refractivity contribution in [2.45, 2.75) is 0 Å². The molecular formula is C13H6Cl3NO4. The fourth-order valence-electron chi connectivity index (χ4n) is 1.62. The highest BCUT2D eigenvalue weighted by atomic mass is 35.5. The van der Waals surface area contributed by atoms with Gasteiger partial charge in [-0.1, -0.05) is 35.3 Å². The van der Waals surface area contributed by atoms with E-state index in [0.717, 1.165) is 0 Å². The number of benzene rings is 2. The number of ether oxygens (including phenoxy) is 1. The molecule has 2 aromatic rings. The highest BCUT2D eigenvalue weighted by Crippen LogP contribution is 2.38. The summed E-state index contributed by atoms with van der Waals surface area (Å²) in [5.41, 5.74) is -0.253. The number of nitro groups is 1. The molecular weight excluding hydrogens is 341 g/mol. The van der Waals surface area contributed by atoms with Crippen LogP contribution < -0.4 is 4.74 Å². The normalized spacial score (nSPS) is 10.2. The summed E-state index contributed by atoms with van der Waals surface area (Å²) in [6.45, 7) is 0. The maximum atomic E-state index is 11.3. The lowest BCUT2D eigenvalue weighted by Crippen LogP contribution is -1.96. The zero-order chi connectivity index (χ0) is 15.6. The SMILES string of the molecule is O=C(Cl)c1ccccc1Oc1cc(Cl)c([N+](=O)[O-])c(Cl)c1. The lowest BCUT2D eigenvalue weighted by molar-refractivity contribution is -0.384. The first-order valence-electron chi connectivity index (χ1n) is 5.50. The molecule has 0 radical (unpaired) electrons. The molecule has 0 unspecified atom stereocenters. The first kappa shape index (κ1) is 15.6. The third kappa shape index (κ3) is 3.44. The van der Waals surface area contributed by atoms with E-state index in [1.807, 2.05) is 0 Å². The number of hydrogen-bond acceptors (Lipinski definition) is 4. The summed E-state index contributed by atoms with van der Waals surface area (Å²) in [6.07, 6.45) is 0. The molecule has 0 aliphatic heterocycles. The largest absolute Gasteiger partial charge is 0.456 e. The van der Waals surface area contributed by atoms with E-state index in [1.54, 1.807) is 12.1 Å². The minimum Gasteiger partial charge on any atom is -0.456 e. The molecule has 0 saturated heterocycles. The summed E-state index contributed by atoms with van der Waals surface area (Å²) in [4.78, 5) is 21.4. The van der Waals surface area contributed by atoms with Gasteiger partial charge in [0, 0.05) is 12.1 Å². The monoisotopic (exact) mass is 345 g/mol. The van der Waals surface area contributed by atoms with Gasteiger partial charge in [0.1, 0.15) is 21.5 Å². The van der Waals surface area contributed by atoms with Gasteiger partial charge < -0.3 is 4.74 Å². The molecule has 2 aromatic carbocycles. The van der Waals surface area contributed by atoms with E-state index in [-0.39, 0.29) is 27.1 Å². The molecule has 0 heterocycles. The van der Waals surface area contributed by atoms with E-state index in [2.05, 4.69) is 0 Å². The van der Waals surface area contributed by atoms with Gasteiger partial charge in [-0.15, -0.1) is 0 Å². The van der Waals surface area contributed by atoms with Crippen molar-refractivity contribution in [2.75, 3.05) is 0 Å². The van der Waals surface area contributed by atoms with Crippen LogP contribution in [-0.4, -0.2) is 10.2 Å². The number of nitro benzene ring substituents is 1. The second kappa shape index (κ2) is 6.30. The van der Waals surface area contributed by atoms with Crippen LogP contribution in [0.3, 0.4) is 0 Å². The average molecular weight is 347 g/mol. The number of rotatable bonds is 4. The average Bonchev–Trinajstić information content (AvgIpc) is 2.37. The summed E-state index contributed by atoms with van der Waals surface area (Å²) < 4.78 is 5.47. The van der Waals surface area contributed by atoms with Crippen LogP contribution in [0.15, 0.2) is 36.4 Å². The van der Waals surface area contributed by atoms with Gasteiger partial charge in [-0.05, 0) is 23.7 Å². The van der Waals surface area contributed by atoms with Crippen molar-refractivity contribution in [1.29, 1.82) is 0 Å². The number of carbonyl (C=O) groups excluding carboxylic acids is 1. The van der Waals surface area contributed by atoms with Gasteiger partial charge in [-0.25, -0.2) is 0 Å². The maximum Gasteiger partial charge on any atom is 0.306 e. The Morgan fingerprint density at radius 3 is 2.24 bits per heavy atom. The summed E-state index contributed by atoms with van der Waals surface area (Å²) in [5, 5.41) is 9.76. The molecule has 5 nitrogen and oxygen atoms in total. The van der Waals surface area contributed by atoms with Crippen molar-refractivity contribution in [3.05, 3.63) is 62.1 Å². The van der Waals surface area contributed by atoms with Crippen molar-refractivity contribution >= 4 is 45.7 Å². The Kier molecular flexibility index (Phi) is 4.67. The van der Waals surface area contributed by atoms with Gasteiger partial charge in [-0.3, -0.25) is 14.9 Å². The van der Waals surface area contributed by atoms with E-state index in [0.29, 0.717) is 0 Å². The summed E-state index contributed by atoms with van der Waals surface area (Å²) in [6, 6.07) is 8.76. The molecule has 0 atom stereocenters. The van der Waals surface area contributed by atoms with E-state index in [1.165, 1.54) is 24.3 Å². The fourth-order valence-corrected chi connectivity index (χ4v) is 2.38. The van der Waals surface area contributed by atoms with Crippen molar-refractivity contribution < 1.29 is 14.5 Å². The fraction of sp³-hybridized carbons (Fsp3) is 0. The topological polar surface area (TPSA) is 69.4 Å². The Morgan fingerprint density at radius 1 is 1.14 bits per heavy atom. The Balaban J connectivity index is 2.42. The van der Waals surface area contributed by atoms with Crippen LogP contribution in [0.2, 0.25) is 10.0 Å². The minimum absolute atomic E-state index is 0.154. The third-order valence-corrected chi connectivity index (χ3v) is 3.28. The molecule has 2 rings (SSSR count). The molecule has 0 bridgehead atoms. The van der Waals surface area contributed by atoms with Gasteiger partial charge in [-0.2, -0.15) is 0 Å². The zero-order valence-corrected chi connectivity index (χ0v) is 12.4. The number of para-hydroxylation sites is 1. The van der Waals surface area contributed by atoms with Gasteiger partial charge in [0.15, 0.2) is 0 Å². The molecule has 0 amide bonds. The lowest BCUT2D eigenvalue weighted by Gasteiger charge is -2.09. The van der Waals surface area contributed by atoms with Crippen molar-refractivity contribution in [2.24, 2.45) is 0 Å². The molecule has 0 N–H and O–H groups in total. The number of halogens is 3. The Morgan fingerprint density at radius 2 is 1.71 bits per heavy atom. The summed E-state index contributed by atoms with van der Waals surface area (Å²) in [5.74, 6) is 0.347. The van der Waals surface area contributed by atoms with Gasteiger partial charge in [0.05, 0.1) is 10.5 Å². The van der Waals surface area contributed by atoms with Gasteiger partial charge >= 0.3 is 5.69 Å². The van der Waals surface area contributed by atoms with Crippen LogP contribution in [0.4, 0.5) is 5.69 Å². The molecule has 0 aliphatic rings. The number of carbonyl (C=O) groups is 1. The lowest BCUT2D eigenvalue weighted by atomic mass is 10.2. The Bertz CT molecular complexity index is 710. The predicted octanol–water partition coefficient (Wildman–Crippen LogP) is 5.07. The second-order valence-electron chi connectivity index (χ2n) is 3.86. The van der Waals surface area contributed by atoms with Crippen LogP contribution >= 0.6 is 34.8 Å². The minimum atomic E-state index is -0.690. The first-order chi connectivity index (χ1) is 9.90. The smallest absolute Gasteiger partial charge is 0.306 e. The van der Waals surface area contributed by atoms with Gasteiger partial charge in [0.25, 0.3) is 5.24 Å². The van der Waals surface area contributed by atoms with Crippen LogP contribution in [-0.2, 0) is 0 Å². The molecule has 0 spiro atoms. The number of nitrogens with zero attached hydrogens (tertiary/aromatic N) is 1. The maximum absolute atomic E-state index is 11.3.